The first-order valence-corrected chi connectivity index (χ1v) is 17.9. The number of aliphatic hydroxyl groups excluding tert-OH is 1. The molecule has 2 aromatic heterocycles. The monoisotopic (exact) mass is 661 g/mol. The van der Waals surface area contributed by atoms with Crippen LogP contribution in [0.2, 0.25) is 0 Å². The zero-order valence-electron chi connectivity index (χ0n) is 28.4. The highest BCUT2D eigenvalue weighted by Gasteiger charge is 2.53. The van der Waals surface area contributed by atoms with E-state index in [2.05, 4.69) is 67.7 Å². The standard InChI is InChI=1S/C39H47N7O3/c1-44-23-30(22-42-44)29-19-32(37(40)41-21-29)38(48)43-34-3-2-4-36(34)49-24-26-5-7-27(8-6-26)28-9-10-35-33(20-28)39(13-14-39)25-46(35)31-11-15-45(16-12-31)17-18-47/h5-10,19-23,31,34,36,47H,2-4,11-18,24-25H2,1H3,(H2,40,41)(H,43,48)/t34-,36-/m0/s1. The Morgan fingerprint density at radius 3 is 2.53 bits per heavy atom. The number of nitrogens with two attached hydrogens (primary N) is 1. The Labute approximate surface area is 288 Å². The number of amides is 1. The number of anilines is 2. The number of carbonyl (C=O) groups is 1. The van der Waals surface area contributed by atoms with Gasteiger partial charge in [0.05, 0.1) is 37.1 Å². The van der Waals surface area contributed by atoms with E-state index in [9.17, 15) is 9.90 Å². The topological polar surface area (TPSA) is 122 Å². The summed E-state index contributed by atoms with van der Waals surface area (Å²) in [5, 5.41) is 16.7. The highest BCUT2D eigenvalue weighted by molar-refractivity contribution is 5.99. The largest absolute Gasteiger partial charge is 0.395 e. The van der Waals surface area contributed by atoms with Crippen molar-refractivity contribution in [3.8, 4) is 22.3 Å². The van der Waals surface area contributed by atoms with Crippen LogP contribution in [0.5, 0.6) is 0 Å². The van der Waals surface area contributed by atoms with Crippen LogP contribution >= 0.6 is 0 Å². The number of rotatable bonds is 10. The maximum absolute atomic E-state index is 13.3. The minimum Gasteiger partial charge on any atom is -0.395 e. The number of hydrogen-bond acceptors (Lipinski definition) is 8. The van der Waals surface area contributed by atoms with E-state index in [1.165, 1.54) is 48.1 Å². The molecule has 2 aromatic carbocycles. The number of hydrogen-bond donors (Lipinski definition) is 3. The van der Waals surface area contributed by atoms with Gasteiger partial charge in [-0.05, 0) is 85.4 Å². The van der Waals surface area contributed by atoms with Crippen molar-refractivity contribution in [1.29, 1.82) is 0 Å². The second kappa shape index (κ2) is 13.2. The minimum absolute atomic E-state index is 0.0596. The number of aryl methyl sites for hydroxylation is 1. The normalized spacial score (nSPS) is 21.7. The Balaban J connectivity index is 0.891. The van der Waals surface area contributed by atoms with Gasteiger partial charge < -0.3 is 30.7 Å². The first-order valence-electron chi connectivity index (χ1n) is 17.9. The lowest BCUT2D eigenvalue weighted by Gasteiger charge is -2.38. The van der Waals surface area contributed by atoms with Gasteiger partial charge in [-0.3, -0.25) is 9.48 Å². The number of nitrogens with one attached hydrogen (secondary N) is 1. The summed E-state index contributed by atoms with van der Waals surface area (Å²) in [7, 11) is 1.85. The maximum Gasteiger partial charge on any atom is 0.255 e. The Morgan fingerprint density at radius 1 is 1.00 bits per heavy atom. The number of nitrogens with zero attached hydrogens (tertiary/aromatic N) is 5. The molecule has 1 amide bonds. The Hall–Kier alpha value is -4.25. The van der Waals surface area contributed by atoms with Crippen LogP contribution < -0.4 is 16.0 Å². The van der Waals surface area contributed by atoms with Gasteiger partial charge in [0.15, 0.2) is 0 Å². The van der Waals surface area contributed by atoms with Crippen molar-refractivity contribution in [2.45, 2.75) is 75.2 Å². The van der Waals surface area contributed by atoms with Crippen LogP contribution in [0, 0.1) is 0 Å². The van der Waals surface area contributed by atoms with E-state index in [1.54, 1.807) is 23.1 Å². The summed E-state index contributed by atoms with van der Waals surface area (Å²) in [6.07, 6.45) is 12.9. The Morgan fingerprint density at radius 2 is 1.80 bits per heavy atom. The number of benzene rings is 2. The summed E-state index contributed by atoms with van der Waals surface area (Å²) in [6.45, 7) is 4.83. The molecule has 2 saturated carbocycles. The summed E-state index contributed by atoms with van der Waals surface area (Å²) in [5.74, 6) is -0.0150. The molecule has 8 rings (SSSR count). The zero-order valence-corrected chi connectivity index (χ0v) is 28.4. The first kappa shape index (κ1) is 32.0. The van der Waals surface area contributed by atoms with Crippen LogP contribution in [-0.2, 0) is 23.8 Å². The third-order valence-corrected chi connectivity index (χ3v) is 11.3. The van der Waals surface area contributed by atoms with E-state index in [1.807, 2.05) is 13.2 Å². The molecule has 4 aliphatic rings. The lowest BCUT2D eigenvalue weighted by atomic mass is 9.94. The highest BCUT2D eigenvalue weighted by atomic mass is 16.5. The molecule has 4 heterocycles. The molecule has 2 aliphatic heterocycles. The number of piperidine rings is 1. The van der Waals surface area contributed by atoms with E-state index in [4.69, 9.17) is 10.5 Å². The van der Waals surface area contributed by atoms with Gasteiger partial charge in [0.25, 0.3) is 5.91 Å². The first-order chi connectivity index (χ1) is 23.9. The SMILES string of the molecule is Cn1cc(-c2cnc(N)c(C(=O)N[C@H]3CCC[C@@H]3OCc3ccc(-c4ccc5c(c4)C4(CC4)CN5C4CCN(CCO)CC4)cc3)c2)cn1. The van der Waals surface area contributed by atoms with Gasteiger partial charge in [-0.2, -0.15) is 5.10 Å². The van der Waals surface area contributed by atoms with Crippen LogP contribution in [0.1, 0.15) is 66.4 Å². The average Bonchev–Trinajstić information content (AvgIpc) is 3.38. The molecular weight excluding hydrogens is 614 g/mol. The summed E-state index contributed by atoms with van der Waals surface area (Å²) >= 11 is 0. The number of likely N-dealkylation sites (tertiary alicyclic amines) is 1. The number of aliphatic hydroxyl groups is 1. The number of fused-ring (bicyclic) bond motifs is 2. The molecule has 4 aromatic rings. The molecule has 0 unspecified atom stereocenters. The quantitative estimate of drug-likeness (QED) is 0.219. The summed E-state index contributed by atoms with van der Waals surface area (Å²) in [6, 6.07) is 18.2. The second-order valence-electron chi connectivity index (χ2n) is 14.6. The second-order valence-corrected chi connectivity index (χ2v) is 14.6. The average molecular weight is 662 g/mol. The molecule has 256 valence electrons. The predicted molar refractivity (Wildman–Crippen MR) is 191 cm³/mol. The lowest BCUT2D eigenvalue weighted by Crippen LogP contribution is -2.45. The Kier molecular flexibility index (Phi) is 8.63. The van der Waals surface area contributed by atoms with Gasteiger partial charge in [-0.15, -0.1) is 0 Å². The third kappa shape index (κ3) is 6.45. The lowest BCUT2D eigenvalue weighted by molar-refractivity contribution is 0.0272. The van der Waals surface area contributed by atoms with E-state index < -0.39 is 0 Å². The van der Waals surface area contributed by atoms with Crippen molar-refractivity contribution in [3.63, 3.8) is 0 Å². The number of β-amino-alcohol motifs (C(OH)–C–C–N with tert-alkyl or cyclic N) is 1. The van der Waals surface area contributed by atoms with Crippen molar-refractivity contribution >= 4 is 17.4 Å². The number of nitrogen functional groups attached to an aromatic ring is 1. The zero-order chi connectivity index (χ0) is 33.5. The van der Waals surface area contributed by atoms with Crippen LogP contribution in [0.15, 0.2) is 67.1 Å². The number of pyridine rings is 1. The van der Waals surface area contributed by atoms with E-state index in [0.717, 1.165) is 62.1 Å². The molecule has 10 heteroatoms. The fourth-order valence-electron chi connectivity index (χ4n) is 8.31. The van der Waals surface area contributed by atoms with Crippen LogP contribution in [0.25, 0.3) is 22.3 Å². The van der Waals surface area contributed by atoms with E-state index >= 15 is 0 Å². The van der Waals surface area contributed by atoms with E-state index in [-0.39, 0.29) is 30.5 Å². The number of carbonyl (C=O) groups excluding carboxylic acids is 1. The van der Waals surface area contributed by atoms with Gasteiger partial charge in [0, 0.05) is 73.9 Å². The van der Waals surface area contributed by atoms with Crippen molar-refractivity contribution in [1.82, 2.24) is 25.0 Å². The van der Waals surface area contributed by atoms with Gasteiger partial charge in [-0.25, -0.2) is 4.98 Å². The molecule has 1 spiro atoms. The molecule has 3 fully saturated rings. The van der Waals surface area contributed by atoms with Crippen molar-refractivity contribution < 1.29 is 14.6 Å². The minimum atomic E-state index is -0.227. The Bertz CT molecular complexity index is 1810. The number of ether oxygens (including phenoxy) is 1. The van der Waals surface area contributed by atoms with Gasteiger partial charge in [0.1, 0.15) is 5.82 Å². The van der Waals surface area contributed by atoms with Crippen LogP contribution in [0.4, 0.5) is 11.5 Å². The van der Waals surface area contributed by atoms with Crippen LogP contribution in [-0.4, -0.2) is 81.7 Å². The maximum atomic E-state index is 13.3. The summed E-state index contributed by atoms with van der Waals surface area (Å²) < 4.78 is 8.12. The van der Waals surface area contributed by atoms with Crippen LogP contribution in [0.3, 0.4) is 0 Å². The molecule has 2 aliphatic carbocycles. The van der Waals surface area contributed by atoms with Gasteiger partial charge >= 0.3 is 0 Å². The van der Waals surface area contributed by atoms with Crippen molar-refractivity contribution in [2.75, 3.05) is 43.4 Å². The molecule has 0 radical (unpaired) electrons. The third-order valence-electron chi connectivity index (χ3n) is 11.3. The molecule has 10 nitrogen and oxygen atoms in total. The van der Waals surface area contributed by atoms with E-state index in [0.29, 0.717) is 23.6 Å². The predicted octanol–water partition coefficient (Wildman–Crippen LogP) is 4.91. The highest BCUT2D eigenvalue weighted by Crippen LogP contribution is 2.58. The van der Waals surface area contributed by atoms with Crippen molar-refractivity contribution in [3.05, 3.63) is 83.8 Å². The van der Waals surface area contributed by atoms with Gasteiger partial charge in [0.2, 0.25) is 0 Å². The summed E-state index contributed by atoms with van der Waals surface area (Å²) in [5.41, 5.74) is 15.1. The number of aromatic nitrogens is 3. The summed E-state index contributed by atoms with van der Waals surface area (Å²) in [4.78, 5) is 22.7. The molecule has 1 saturated heterocycles. The molecule has 49 heavy (non-hydrogen) atoms. The smallest absolute Gasteiger partial charge is 0.255 e. The molecule has 2 atom stereocenters. The fraction of sp³-hybridized carbons (Fsp3) is 0.462. The van der Waals surface area contributed by atoms with Crippen molar-refractivity contribution in [2.24, 2.45) is 7.05 Å². The molecule has 0 bridgehead atoms. The molecular formula is C39H47N7O3. The molecule has 4 N–H and O–H groups in total. The fourth-order valence-corrected chi connectivity index (χ4v) is 8.31. The van der Waals surface area contributed by atoms with Gasteiger partial charge in [-0.1, -0.05) is 30.3 Å².